The van der Waals surface area contributed by atoms with Crippen molar-refractivity contribution in [3.05, 3.63) is 59.7 Å². The van der Waals surface area contributed by atoms with Gasteiger partial charge in [0.15, 0.2) is 11.4 Å². The molecule has 0 spiro atoms. The van der Waals surface area contributed by atoms with Gasteiger partial charge in [-0.05, 0) is 24.8 Å². The highest BCUT2D eigenvalue weighted by atomic mass is 16.6. The van der Waals surface area contributed by atoms with Crippen LogP contribution in [0.25, 0.3) is 0 Å². The molecule has 2 aliphatic heterocycles. The third-order valence-corrected chi connectivity index (χ3v) is 5.28. The summed E-state index contributed by atoms with van der Waals surface area (Å²) in [7, 11) is 2.46. The molecule has 142 valence electrons. The molecule has 1 aromatic carbocycles. The molecule has 0 radical (unpaired) electrons. The van der Waals surface area contributed by atoms with Gasteiger partial charge in [0.25, 0.3) is 0 Å². The first-order valence-electron chi connectivity index (χ1n) is 8.78. The zero-order valence-corrected chi connectivity index (χ0v) is 15.4. The maximum atomic E-state index is 13.0. The Labute approximate surface area is 157 Å². The van der Waals surface area contributed by atoms with Crippen LogP contribution < -0.4 is 0 Å². The van der Waals surface area contributed by atoms with Crippen molar-refractivity contribution in [2.24, 2.45) is 0 Å². The van der Waals surface area contributed by atoms with Crippen LogP contribution in [0.4, 0.5) is 0 Å². The molecule has 0 saturated carbocycles. The van der Waals surface area contributed by atoms with Crippen LogP contribution in [0.1, 0.15) is 31.2 Å². The van der Waals surface area contributed by atoms with Crippen LogP contribution in [0.5, 0.6) is 0 Å². The monoisotopic (exact) mass is 370 g/mol. The second-order valence-electron chi connectivity index (χ2n) is 6.61. The van der Waals surface area contributed by atoms with Crippen LogP contribution in [0.2, 0.25) is 0 Å². The number of Topliss-reactive ketones (excluding diaryl/α,β-unsaturated/α-hetero) is 1. The van der Waals surface area contributed by atoms with Gasteiger partial charge in [-0.2, -0.15) is 0 Å². The van der Waals surface area contributed by atoms with Crippen LogP contribution >= 0.6 is 0 Å². The Kier molecular flexibility index (Phi) is 5.02. The van der Waals surface area contributed by atoms with E-state index in [-0.39, 0.29) is 36.2 Å². The molecule has 1 saturated heterocycles. The topological polar surface area (TPSA) is 78.9 Å². The second kappa shape index (κ2) is 7.12. The molecule has 6 nitrogen and oxygen atoms in total. The van der Waals surface area contributed by atoms with Gasteiger partial charge in [0.05, 0.1) is 25.4 Å². The zero-order valence-electron chi connectivity index (χ0n) is 15.4. The molecule has 2 aliphatic rings. The lowest BCUT2D eigenvalue weighted by molar-refractivity contribution is -0.173. The first-order valence-corrected chi connectivity index (χ1v) is 8.78. The fourth-order valence-electron chi connectivity index (χ4n) is 4.08. The van der Waals surface area contributed by atoms with Crippen molar-refractivity contribution in [1.29, 1.82) is 0 Å². The number of esters is 2. The lowest BCUT2D eigenvalue weighted by Gasteiger charge is -2.41. The first-order chi connectivity index (χ1) is 13.0. The zero-order chi connectivity index (χ0) is 19.7. The fourth-order valence-corrected chi connectivity index (χ4v) is 4.08. The van der Waals surface area contributed by atoms with Crippen molar-refractivity contribution < 1.29 is 28.6 Å². The number of hydrogen-bond acceptors (Lipinski definition) is 6. The van der Waals surface area contributed by atoms with Crippen molar-refractivity contribution >= 4 is 17.7 Å². The van der Waals surface area contributed by atoms with E-state index in [1.165, 1.54) is 14.2 Å². The van der Waals surface area contributed by atoms with Crippen LogP contribution in [0, 0.1) is 0 Å². The molecule has 0 aromatic heterocycles. The van der Waals surface area contributed by atoms with E-state index in [0.717, 1.165) is 0 Å². The van der Waals surface area contributed by atoms with Crippen LogP contribution in [-0.4, -0.2) is 37.5 Å². The molecule has 3 rings (SSSR count). The van der Waals surface area contributed by atoms with E-state index >= 15 is 0 Å². The largest absolute Gasteiger partial charge is 0.466 e. The Balaban J connectivity index is 2.34. The van der Waals surface area contributed by atoms with E-state index in [0.29, 0.717) is 12.0 Å². The smallest absolute Gasteiger partial charge is 0.337 e. The van der Waals surface area contributed by atoms with Gasteiger partial charge in [0, 0.05) is 6.42 Å². The molecule has 1 fully saturated rings. The Bertz CT molecular complexity index is 824. The number of rotatable bonds is 6. The van der Waals surface area contributed by atoms with Gasteiger partial charge in [-0.15, -0.1) is 6.58 Å². The first kappa shape index (κ1) is 19.0. The number of ketones is 1. The summed E-state index contributed by atoms with van der Waals surface area (Å²) < 4.78 is 16.3. The molecule has 2 atom stereocenters. The van der Waals surface area contributed by atoms with Gasteiger partial charge in [-0.1, -0.05) is 36.4 Å². The van der Waals surface area contributed by atoms with Gasteiger partial charge in [0.1, 0.15) is 5.60 Å². The summed E-state index contributed by atoms with van der Waals surface area (Å²) in [5, 5.41) is 0. The minimum atomic E-state index is -1.54. The lowest BCUT2D eigenvalue weighted by atomic mass is 9.81. The standard InChI is InChI=1S/C21H22O6/c1-4-5-12-21-15(22)11-13-20(27-21,14-9-7-6-8-10-14)16(18(23)25-2)17(21)19(24)26-3/h4,6-10H,1,5,11-13H2,2-3H3/t20-,21-/m0/s1. The summed E-state index contributed by atoms with van der Waals surface area (Å²) >= 11 is 0. The summed E-state index contributed by atoms with van der Waals surface area (Å²) in [6, 6.07) is 9.12. The van der Waals surface area contributed by atoms with Crippen LogP contribution in [-0.2, 0) is 34.2 Å². The fraction of sp³-hybridized carbons (Fsp3) is 0.381. The van der Waals surface area contributed by atoms with E-state index in [4.69, 9.17) is 14.2 Å². The van der Waals surface area contributed by atoms with E-state index < -0.39 is 23.1 Å². The van der Waals surface area contributed by atoms with E-state index in [2.05, 4.69) is 6.58 Å². The van der Waals surface area contributed by atoms with Crippen molar-refractivity contribution in [1.82, 2.24) is 0 Å². The third-order valence-electron chi connectivity index (χ3n) is 5.28. The molecule has 0 N–H and O–H groups in total. The molecule has 2 bridgehead atoms. The Morgan fingerprint density at radius 2 is 1.78 bits per heavy atom. The second-order valence-corrected chi connectivity index (χ2v) is 6.61. The predicted molar refractivity (Wildman–Crippen MR) is 96.7 cm³/mol. The minimum Gasteiger partial charge on any atom is -0.466 e. The number of hydrogen-bond donors (Lipinski definition) is 0. The number of fused-ring (bicyclic) bond motifs is 2. The highest BCUT2D eigenvalue weighted by molar-refractivity contribution is 6.12. The van der Waals surface area contributed by atoms with Crippen LogP contribution in [0.3, 0.4) is 0 Å². The molecule has 0 aliphatic carbocycles. The molecule has 27 heavy (non-hydrogen) atoms. The van der Waals surface area contributed by atoms with Crippen LogP contribution in [0.15, 0.2) is 54.1 Å². The number of allylic oxidation sites excluding steroid dienone is 1. The Hall–Kier alpha value is -2.73. The van der Waals surface area contributed by atoms with Gasteiger partial charge in [-0.25, -0.2) is 9.59 Å². The summed E-state index contributed by atoms with van der Waals surface area (Å²) in [5.41, 5.74) is -2.07. The maximum absolute atomic E-state index is 13.0. The number of carbonyl (C=O) groups is 3. The average Bonchev–Trinajstić information content (AvgIpc) is 2.97. The van der Waals surface area contributed by atoms with Gasteiger partial charge in [-0.3, -0.25) is 4.79 Å². The molecule has 0 amide bonds. The number of ether oxygens (including phenoxy) is 3. The maximum Gasteiger partial charge on any atom is 0.337 e. The van der Waals surface area contributed by atoms with Gasteiger partial charge in [0.2, 0.25) is 0 Å². The summed E-state index contributed by atoms with van der Waals surface area (Å²) in [4.78, 5) is 38.5. The predicted octanol–water partition coefficient (Wildman–Crippen LogP) is 2.62. The average molecular weight is 370 g/mol. The van der Waals surface area contributed by atoms with Crippen molar-refractivity contribution in [3.8, 4) is 0 Å². The third kappa shape index (κ3) is 2.72. The van der Waals surface area contributed by atoms with Crippen molar-refractivity contribution in [3.63, 3.8) is 0 Å². The number of carbonyl (C=O) groups excluding carboxylic acids is 3. The number of methoxy groups -OCH3 is 2. The van der Waals surface area contributed by atoms with Gasteiger partial charge >= 0.3 is 11.9 Å². The molecule has 6 heteroatoms. The molecule has 2 heterocycles. The quantitative estimate of drug-likeness (QED) is 0.566. The van der Waals surface area contributed by atoms with E-state index in [9.17, 15) is 14.4 Å². The highest BCUT2D eigenvalue weighted by Gasteiger charge is 2.66. The van der Waals surface area contributed by atoms with E-state index in [1.807, 2.05) is 30.3 Å². The molecule has 1 aromatic rings. The highest BCUT2D eigenvalue weighted by Crippen LogP contribution is 2.57. The normalized spacial score (nSPS) is 26.7. The van der Waals surface area contributed by atoms with E-state index in [1.54, 1.807) is 6.08 Å². The Morgan fingerprint density at radius 3 is 2.37 bits per heavy atom. The van der Waals surface area contributed by atoms with Gasteiger partial charge < -0.3 is 14.2 Å². The SMILES string of the molecule is C=CCC[C@]12O[C@](c3ccccc3)(CCC1=O)C(C(=O)OC)=C2C(=O)OC. The summed E-state index contributed by atoms with van der Waals surface area (Å²) in [5.74, 6) is -1.70. The summed E-state index contributed by atoms with van der Waals surface area (Å²) in [6.45, 7) is 3.69. The molecular formula is C21H22O6. The minimum absolute atomic E-state index is 0.0509. The lowest BCUT2D eigenvalue weighted by Crippen LogP contribution is -2.50. The summed E-state index contributed by atoms with van der Waals surface area (Å²) in [6.07, 6.45) is 2.71. The number of benzene rings is 1. The molecule has 0 unspecified atom stereocenters. The van der Waals surface area contributed by atoms with Crippen molar-refractivity contribution in [2.75, 3.05) is 14.2 Å². The molecular weight excluding hydrogens is 348 g/mol. The Morgan fingerprint density at radius 1 is 1.15 bits per heavy atom. The van der Waals surface area contributed by atoms with Crippen molar-refractivity contribution in [2.45, 2.75) is 36.9 Å².